The summed E-state index contributed by atoms with van der Waals surface area (Å²) in [6.45, 7) is 2.99. The van der Waals surface area contributed by atoms with E-state index in [1.54, 1.807) is 0 Å². The Hall–Kier alpha value is -1.80. The van der Waals surface area contributed by atoms with Crippen molar-refractivity contribution >= 4 is 5.69 Å². The summed E-state index contributed by atoms with van der Waals surface area (Å²) in [5.41, 5.74) is 5.55. The van der Waals surface area contributed by atoms with Crippen LogP contribution in [0.4, 0.5) is 5.69 Å². The lowest BCUT2D eigenvalue weighted by molar-refractivity contribution is 0.816. The SMILES string of the molecule is CNCc1ccc(N2Cc3ccccc3C2)cc1. The number of anilines is 1. The van der Waals surface area contributed by atoms with Gasteiger partial charge in [0.1, 0.15) is 0 Å². The van der Waals surface area contributed by atoms with Crippen LogP contribution in [0.15, 0.2) is 48.5 Å². The molecule has 0 amide bonds. The van der Waals surface area contributed by atoms with Gasteiger partial charge in [0, 0.05) is 25.3 Å². The Morgan fingerprint density at radius 1 is 0.944 bits per heavy atom. The first-order valence-corrected chi connectivity index (χ1v) is 6.42. The summed E-state index contributed by atoms with van der Waals surface area (Å²) in [7, 11) is 1.98. The average molecular weight is 238 g/mol. The minimum atomic E-state index is 0.931. The largest absolute Gasteiger partial charge is 0.363 e. The van der Waals surface area contributed by atoms with Gasteiger partial charge in [-0.2, -0.15) is 0 Å². The fourth-order valence-corrected chi connectivity index (χ4v) is 2.54. The normalized spacial score (nSPS) is 13.7. The van der Waals surface area contributed by atoms with Crippen molar-refractivity contribution in [3.8, 4) is 0 Å². The Morgan fingerprint density at radius 3 is 2.11 bits per heavy atom. The molecule has 1 aliphatic rings. The van der Waals surface area contributed by atoms with Gasteiger partial charge in [-0.3, -0.25) is 0 Å². The first kappa shape index (κ1) is 11.3. The van der Waals surface area contributed by atoms with Crippen LogP contribution in [0.2, 0.25) is 0 Å². The monoisotopic (exact) mass is 238 g/mol. The standard InChI is InChI=1S/C16H18N2/c1-17-10-13-6-8-16(9-7-13)18-11-14-4-2-3-5-15(14)12-18/h2-9,17H,10-12H2,1H3. The smallest absolute Gasteiger partial charge is 0.0436 e. The molecular formula is C16H18N2. The van der Waals surface area contributed by atoms with Gasteiger partial charge in [0.15, 0.2) is 0 Å². The van der Waals surface area contributed by atoms with Crippen LogP contribution in [0.1, 0.15) is 16.7 Å². The molecule has 2 aromatic rings. The quantitative estimate of drug-likeness (QED) is 0.884. The van der Waals surface area contributed by atoms with Gasteiger partial charge in [-0.15, -0.1) is 0 Å². The van der Waals surface area contributed by atoms with Crippen molar-refractivity contribution in [2.24, 2.45) is 0 Å². The third-order valence-electron chi connectivity index (χ3n) is 3.52. The van der Waals surface area contributed by atoms with Crippen molar-refractivity contribution in [1.82, 2.24) is 5.32 Å². The van der Waals surface area contributed by atoms with Gasteiger partial charge >= 0.3 is 0 Å². The van der Waals surface area contributed by atoms with Gasteiger partial charge in [-0.1, -0.05) is 36.4 Å². The average Bonchev–Trinajstić information content (AvgIpc) is 2.84. The lowest BCUT2D eigenvalue weighted by atomic mass is 10.1. The predicted octanol–water partition coefficient (Wildman–Crippen LogP) is 2.93. The zero-order valence-electron chi connectivity index (χ0n) is 10.7. The highest BCUT2D eigenvalue weighted by Gasteiger charge is 2.18. The number of benzene rings is 2. The molecule has 0 atom stereocenters. The number of hydrogen-bond donors (Lipinski definition) is 1. The molecule has 3 rings (SSSR count). The maximum absolute atomic E-state index is 3.17. The van der Waals surface area contributed by atoms with Crippen LogP contribution in [0, 0.1) is 0 Å². The molecule has 1 N–H and O–H groups in total. The second-order valence-electron chi connectivity index (χ2n) is 4.82. The second kappa shape index (κ2) is 4.83. The van der Waals surface area contributed by atoms with Crippen molar-refractivity contribution < 1.29 is 0 Å². The minimum absolute atomic E-state index is 0.931. The zero-order chi connectivity index (χ0) is 12.4. The van der Waals surface area contributed by atoms with Crippen LogP contribution in [0.5, 0.6) is 0 Å². The van der Waals surface area contributed by atoms with Gasteiger partial charge < -0.3 is 10.2 Å². The fourth-order valence-electron chi connectivity index (χ4n) is 2.54. The highest BCUT2D eigenvalue weighted by atomic mass is 15.1. The van der Waals surface area contributed by atoms with Crippen LogP contribution in [-0.2, 0) is 19.6 Å². The number of hydrogen-bond acceptors (Lipinski definition) is 2. The van der Waals surface area contributed by atoms with E-state index < -0.39 is 0 Å². The molecule has 0 aliphatic carbocycles. The van der Waals surface area contributed by atoms with Crippen LogP contribution >= 0.6 is 0 Å². The van der Waals surface area contributed by atoms with Crippen molar-refractivity contribution in [3.05, 3.63) is 65.2 Å². The Kier molecular flexibility index (Phi) is 3.03. The van der Waals surface area contributed by atoms with Gasteiger partial charge in [-0.25, -0.2) is 0 Å². The van der Waals surface area contributed by atoms with Crippen LogP contribution in [-0.4, -0.2) is 7.05 Å². The molecule has 18 heavy (non-hydrogen) atoms. The molecule has 0 bridgehead atoms. The molecule has 0 radical (unpaired) electrons. The molecule has 2 heteroatoms. The van der Waals surface area contributed by atoms with Gasteiger partial charge in [-0.05, 0) is 35.9 Å². The third-order valence-corrected chi connectivity index (χ3v) is 3.52. The van der Waals surface area contributed by atoms with Crippen molar-refractivity contribution in [1.29, 1.82) is 0 Å². The molecule has 0 saturated heterocycles. The summed E-state index contributed by atoms with van der Waals surface area (Å²) in [5.74, 6) is 0. The second-order valence-corrected chi connectivity index (χ2v) is 4.82. The molecule has 2 nitrogen and oxygen atoms in total. The summed E-state index contributed by atoms with van der Waals surface area (Å²) < 4.78 is 0. The molecule has 0 fully saturated rings. The topological polar surface area (TPSA) is 15.3 Å². The minimum Gasteiger partial charge on any atom is -0.363 e. The zero-order valence-corrected chi connectivity index (χ0v) is 10.7. The number of rotatable bonds is 3. The highest BCUT2D eigenvalue weighted by molar-refractivity contribution is 5.52. The Balaban J connectivity index is 1.78. The van der Waals surface area contributed by atoms with E-state index in [2.05, 4.69) is 58.7 Å². The third kappa shape index (κ3) is 2.12. The van der Waals surface area contributed by atoms with Crippen LogP contribution < -0.4 is 10.2 Å². The molecule has 0 aromatic heterocycles. The Bertz CT molecular complexity index is 506. The summed E-state index contributed by atoms with van der Waals surface area (Å²) in [6, 6.07) is 17.5. The highest BCUT2D eigenvalue weighted by Crippen LogP contribution is 2.27. The predicted molar refractivity (Wildman–Crippen MR) is 75.5 cm³/mol. The van der Waals surface area contributed by atoms with E-state index in [-0.39, 0.29) is 0 Å². The maximum atomic E-state index is 3.17. The number of nitrogens with zero attached hydrogens (tertiary/aromatic N) is 1. The van der Waals surface area contributed by atoms with E-state index in [1.165, 1.54) is 22.4 Å². The molecule has 0 spiro atoms. The van der Waals surface area contributed by atoms with E-state index in [1.807, 2.05) is 7.05 Å². The Morgan fingerprint density at radius 2 is 1.56 bits per heavy atom. The van der Waals surface area contributed by atoms with E-state index >= 15 is 0 Å². The van der Waals surface area contributed by atoms with Gasteiger partial charge in [0.2, 0.25) is 0 Å². The molecule has 0 saturated carbocycles. The summed E-state index contributed by atoms with van der Waals surface area (Å²) in [6.07, 6.45) is 0. The van der Waals surface area contributed by atoms with Crippen LogP contribution in [0.25, 0.3) is 0 Å². The molecule has 0 unspecified atom stereocenters. The molecule has 2 aromatic carbocycles. The van der Waals surface area contributed by atoms with E-state index in [9.17, 15) is 0 Å². The first-order valence-electron chi connectivity index (χ1n) is 6.42. The lowest BCUT2D eigenvalue weighted by Crippen LogP contribution is -2.14. The van der Waals surface area contributed by atoms with Crippen molar-refractivity contribution in [2.75, 3.05) is 11.9 Å². The van der Waals surface area contributed by atoms with E-state index in [4.69, 9.17) is 0 Å². The van der Waals surface area contributed by atoms with E-state index in [0.717, 1.165) is 19.6 Å². The lowest BCUT2D eigenvalue weighted by Gasteiger charge is -2.18. The maximum Gasteiger partial charge on any atom is 0.0436 e. The molecule has 1 heterocycles. The summed E-state index contributed by atoms with van der Waals surface area (Å²) >= 11 is 0. The van der Waals surface area contributed by atoms with Gasteiger partial charge in [0.25, 0.3) is 0 Å². The molecule has 1 aliphatic heterocycles. The molecule has 92 valence electrons. The van der Waals surface area contributed by atoms with Crippen molar-refractivity contribution in [3.63, 3.8) is 0 Å². The summed E-state index contributed by atoms with van der Waals surface area (Å²) in [5, 5.41) is 3.17. The first-order chi connectivity index (χ1) is 8.86. The Labute approximate surface area is 108 Å². The number of fused-ring (bicyclic) bond motifs is 1. The number of nitrogens with one attached hydrogen (secondary N) is 1. The van der Waals surface area contributed by atoms with Crippen molar-refractivity contribution in [2.45, 2.75) is 19.6 Å². The summed E-state index contributed by atoms with van der Waals surface area (Å²) in [4.78, 5) is 2.42. The van der Waals surface area contributed by atoms with Gasteiger partial charge in [0.05, 0.1) is 0 Å². The van der Waals surface area contributed by atoms with E-state index in [0.29, 0.717) is 0 Å². The fraction of sp³-hybridized carbons (Fsp3) is 0.250. The van der Waals surface area contributed by atoms with Crippen LogP contribution in [0.3, 0.4) is 0 Å². The molecular weight excluding hydrogens is 220 g/mol.